The number of para-hydroxylation sites is 1. The van der Waals surface area contributed by atoms with E-state index < -0.39 is 11.4 Å². The van der Waals surface area contributed by atoms with E-state index in [1.807, 2.05) is 42.5 Å². The van der Waals surface area contributed by atoms with Gasteiger partial charge in [-0.25, -0.2) is 0 Å². The summed E-state index contributed by atoms with van der Waals surface area (Å²) in [5.41, 5.74) is 1.56. The number of fused-ring (bicyclic) bond motifs is 6. The number of aliphatic carboxylic acids is 1. The smallest absolute Gasteiger partial charge is 0.320 e. The van der Waals surface area contributed by atoms with Crippen LogP contribution in [0.2, 0.25) is 0 Å². The Morgan fingerprint density at radius 1 is 1.19 bits per heavy atom. The summed E-state index contributed by atoms with van der Waals surface area (Å²) >= 11 is 0. The van der Waals surface area contributed by atoms with Gasteiger partial charge in [-0.15, -0.1) is 0 Å². The molecule has 3 fully saturated rings. The maximum absolute atomic E-state index is 12.1. The summed E-state index contributed by atoms with van der Waals surface area (Å²) in [7, 11) is 6.43. The average molecular weight is 414 g/mol. The van der Waals surface area contributed by atoms with E-state index in [0.717, 1.165) is 34.1 Å². The van der Waals surface area contributed by atoms with Gasteiger partial charge in [0.05, 0.1) is 11.0 Å². The predicted octanol–water partition coefficient (Wildman–Crippen LogP) is 4.14. The molecule has 1 unspecified atom stereocenters. The number of hydrogen-bond acceptors (Lipinski definition) is 3. The van der Waals surface area contributed by atoms with Crippen LogP contribution in [0.15, 0.2) is 54.1 Å². The van der Waals surface area contributed by atoms with Gasteiger partial charge in [-0.2, -0.15) is 0 Å². The third-order valence-corrected chi connectivity index (χ3v) is 7.07. The first kappa shape index (κ1) is 20.2. The lowest BCUT2D eigenvalue weighted by Crippen LogP contribution is -2.43. The highest BCUT2D eigenvalue weighted by atomic mass is 16.5. The van der Waals surface area contributed by atoms with Crippen molar-refractivity contribution in [1.82, 2.24) is 9.47 Å². The van der Waals surface area contributed by atoms with Crippen molar-refractivity contribution in [2.45, 2.75) is 31.6 Å². The van der Waals surface area contributed by atoms with Gasteiger partial charge < -0.3 is 14.4 Å². The summed E-state index contributed by atoms with van der Waals surface area (Å²) in [6, 6.07) is 13.7. The average Bonchev–Trinajstić information content (AvgIpc) is 3.13. The molecule has 3 aromatic rings. The second-order valence-corrected chi connectivity index (χ2v) is 8.75. The van der Waals surface area contributed by atoms with Crippen LogP contribution >= 0.6 is 0 Å². The fraction of sp³-hybridized carbons (Fsp3) is 0.400. The Kier molecular flexibility index (Phi) is 5.05. The Bertz CT molecular complexity index is 1180. The van der Waals surface area contributed by atoms with Crippen LogP contribution in [-0.4, -0.2) is 54.6 Å². The zero-order valence-electron chi connectivity index (χ0n) is 17.9. The minimum atomic E-state index is -1.53. The molecule has 158 valence electrons. The van der Waals surface area contributed by atoms with Gasteiger partial charge in [-0.05, 0) is 62.5 Å². The molecular weight excluding hydrogens is 387 g/mol. The molecule has 2 aromatic carbocycles. The SMILES string of the molecule is [B]C(CC)(C(=O)O)n1c2ccccc2c2ccc(OC/C=C3\CN4CCC3CC4)cc21. The summed E-state index contributed by atoms with van der Waals surface area (Å²) in [6.07, 6.45) is 5.00. The maximum Gasteiger partial charge on any atom is 0.320 e. The zero-order chi connectivity index (χ0) is 21.6. The van der Waals surface area contributed by atoms with Gasteiger partial charge in [-0.1, -0.05) is 30.7 Å². The topological polar surface area (TPSA) is 54.7 Å². The number of carbonyl (C=O) groups is 1. The third-order valence-electron chi connectivity index (χ3n) is 7.07. The Hall–Kier alpha value is -2.73. The zero-order valence-corrected chi connectivity index (χ0v) is 17.9. The van der Waals surface area contributed by atoms with Crippen LogP contribution in [0.1, 0.15) is 26.2 Å². The highest BCUT2D eigenvalue weighted by Gasteiger charge is 2.35. The monoisotopic (exact) mass is 414 g/mol. The lowest BCUT2D eigenvalue weighted by atomic mass is 9.75. The number of nitrogens with zero attached hydrogens (tertiary/aromatic N) is 2. The van der Waals surface area contributed by atoms with E-state index in [0.29, 0.717) is 12.5 Å². The van der Waals surface area contributed by atoms with Gasteiger partial charge in [0.1, 0.15) is 20.2 Å². The molecular formula is C25H27BN2O3. The normalized spacial score (nSPS) is 24.0. The highest BCUT2D eigenvalue weighted by molar-refractivity contribution is 6.26. The van der Waals surface area contributed by atoms with Crippen molar-refractivity contribution >= 4 is 35.6 Å². The molecule has 6 rings (SSSR count). The summed E-state index contributed by atoms with van der Waals surface area (Å²) in [4.78, 5) is 14.7. The van der Waals surface area contributed by atoms with Crippen molar-refractivity contribution in [1.29, 1.82) is 0 Å². The molecule has 31 heavy (non-hydrogen) atoms. The van der Waals surface area contributed by atoms with Crippen molar-refractivity contribution in [2.75, 3.05) is 26.2 Å². The molecule has 2 radical (unpaired) electrons. The van der Waals surface area contributed by atoms with Gasteiger partial charge >= 0.3 is 5.97 Å². The van der Waals surface area contributed by atoms with Crippen LogP contribution in [-0.2, 0) is 10.2 Å². The number of carboxylic acid groups (broad SMARTS) is 1. The van der Waals surface area contributed by atoms with E-state index in [1.165, 1.54) is 31.5 Å². The second-order valence-electron chi connectivity index (χ2n) is 8.75. The molecule has 1 aromatic heterocycles. The van der Waals surface area contributed by atoms with Crippen LogP contribution in [0.25, 0.3) is 21.8 Å². The van der Waals surface area contributed by atoms with Crippen LogP contribution in [0.4, 0.5) is 0 Å². The lowest BCUT2D eigenvalue weighted by molar-refractivity contribution is -0.143. The molecule has 0 spiro atoms. The number of benzene rings is 2. The van der Waals surface area contributed by atoms with Gasteiger partial charge in [0.15, 0.2) is 0 Å². The Morgan fingerprint density at radius 3 is 2.61 bits per heavy atom. The first-order chi connectivity index (χ1) is 15.0. The summed E-state index contributed by atoms with van der Waals surface area (Å²) in [5, 5.41) is 11.9. The summed E-state index contributed by atoms with van der Waals surface area (Å²) in [6.45, 7) is 5.81. The largest absolute Gasteiger partial charge is 0.489 e. The number of ether oxygens (including phenoxy) is 1. The fourth-order valence-corrected chi connectivity index (χ4v) is 5.20. The Balaban J connectivity index is 1.51. The molecule has 0 amide bonds. The van der Waals surface area contributed by atoms with Crippen molar-refractivity contribution in [3.05, 3.63) is 54.1 Å². The van der Waals surface area contributed by atoms with Gasteiger partial charge in [0.2, 0.25) is 0 Å². The first-order valence-electron chi connectivity index (χ1n) is 11.1. The Morgan fingerprint density at radius 2 is 1.94 bits per heavy atom. The van der Waals surface area contributed by atoms with E-state index in [4.69, 9.17) is 12.6 Å². The fourth-order valence-electron chi connectivity index (χ4n) is 5.20. The quantitative estimate of drug-likeness (QED) is 0.487. The van der Waals surface area contributed by atoms with E-state index in [1.54, 1.807) is 11.5 Å². The molecule has 0 aliphatic carbocycles. The van der Waals surface area contributed by atoms with Gasteiger partial charge in [0.25, 0.3) is 0 Å². The molecule has 3 saturated heterocycles. The Labute approximate surface area is 183 Å². The van der Waals surface area contributed by atoms with Crippen LogP contribution in [0, 0.1) is 5.92 Å². The lowest BCUT2D eigenvalue weighted by Gasteiger charge is -2.41. The number of carboxylic acids is 1. The van der Waals surface area contributed by atoms with E-state index in [9.17, 15) is 9.90 Å². The molecule has 4 heterocycles. The number of piperidine rings is 3. The van der Waals surface area contributed by atoms with Crippen LogP contribution in [0.5, 0.6) is 5.75 Å². The minimum Gasteiger partial charge on any atom is -0.489 e. The number of aromatic nitrogens is 1. The molecule has 5 nitrogen and oxygen atoms in total. The number of hydrogen-bond donors (Lipinski definition) is 1. The molecule has 1 atom stereocenters. The molecule has 2 bridgehead atoms. The summed E-state index contributed by atoms with van der Waals surface area (Å²) in [5.74, 6) is 0.381. The molecule has 3 aliphatic rings. The molecule has 6 heteroatoms. The van der Waals surface area contributed by atoms with Crippen LogP contribution < -0.4 is 4.74 Å². The van der Waals surface area contributed by atoms with E-state index in [-0.39, 0.29) is 6.42 Å². The summed E-state index contributed by atoms with van der Waals surface area (Å²) < 4.78 is 7.83. The third kappa shape index (κ3) is 3.34. The van der Waals surface area contributed by atoms with Gasteiger partial charge in [0, 0.05) is 28.9 Å². The van der Waals surface area contributed by atoms with Crippen molar-refractivity contribution in [2.24, 2.45) is 5.92 Å². The molecule has 1 N–H and O–H groups in total. The van der Waals surface area contributed by atoms with Gasteiger partial charge in [-0.3, -0.25) is 9.69 Å². The van der Waals surface area contributed by atoms with Crippen molar-refractivity contribution < 1.29 is 14.6 Å². The standard InChI is InChI=1S/C25H27BN2O3/c1-2-25(26,24(29)30)28-22-6-4-3-5-20(22)21-8-7-19(15-23(21)28)31-14-11-18-16-27-12-9-17(18)10-13-27/h3-8,11,15,17H,2,9-10,12-14,16H2,1H3,(H,29,30)/b18-11+. The second kappa shape index (κ2) is 7.76. The highest BCUT2D eigenvalue weighted by Crippen LogP contribution is 2.37. The van der Waals surface area contributed by atoms with Crippen molar-refractivity contribution in [3.8, 4) is 5.75 Å². The first-order valence-corrected chi connectivity index (χ1v) is 11.1. The van der Waals surface area contributed by atoms with Crippen molar-refractivity contribution in [3.63, 3.8) is 0 Å². The van der Waals surface area contributed by atoms with Crippen LogP contribution in [0.3, 0.4) is 0 Å². The minimum absolute atomic E-state index is 0.269. The van der Waals surface area contributed by atoms with E-state index in [2.05, 4.69) is 11.0 Å². The molecule has 3 aliphatic heterocycles. The number of rotatable bonds is 6. The maximum atomic E-state index is 12.1. The van der Waals surface area contributed by atoms with E-state index >= 15 is 0 Å². The molecule has 0 saturated carbocycles. The predicted molar refractivity (Wildman–Crippen MR) is 124 cm³/mol.